The molecule has 1 aromatic carbocycles. The molecule has 0 aliphatic heterocycles. The molecule has 4 nitrogen and oxygen atoms in total. The zero-order valence-corrected chi connectivity index (χ0v) is 12.3. The molecular weight excluding hydrogens is 268 g/mol. The van der Waals surface area contributed by atoms with Crippen LogP contribution in [-0.2, 0) is 0 Å². The zero-order valence-electron chi connectivity index (χ0n) is 11.4. The van der Waals surface area contributed by atoms with E-state index in [1.807, 2.05) is 30.6 Å². The van der Waals surface area contributed by atoms with Crippen molar-refractivity contribution in [2.24, 2.45) is 5.73 Å². The molecule has 2 heterocycles. The first-order valence-corrected chi connectivity index (χ1v) is 7.36. The molecule has 2 N–H and O–H groups in total. The lowest BCUT2D eigenvalue weighted by molar-refractivity contribution is 0.771. The van der Waals surface area contributed by atoms with Gasteiger partial charge in [0.05, 0.1) is 16.6 Å². The van der Waals surface area contributed by atoms with Gasteiger partial charge in [-0.05, 0) is 22.8 Å². The number of hydrogen-bond acceptors (Lipinski definition) is 5. The summed E-state index contributed by atoms with van der Waals surface area (Å²) < 4.78 is 4.06. The number of nitrogens with zero attached hydrogens (tertiary/aromatic N) is 3. The van der Waals surface area contributed by atoms with Gasteiger partial charge in [-0.25, -0.2) is 0 Å². The Morgan fingerprint density at radius 1 is 1.15 bits per heavy atom. The molecule has 0 amide bonds. The molecular formula is C15H16N4S. The molecule has 20 heavy (non-hydrogen) atoms. The van der Waals surface area contributed by atoms with Crippen molar-refractivity contribution in [2.45, 2.75) is 25.8 Å². The van der Waals surface area contributed by atoms with Crippen LogP contribution in [0, 0.1) is 0 Å². The summed E-state index contributed by atoms with van der Waals surface area (Å²) in [5.41, 5.74) is 8.46. The predicted molar refractivity (Wildman–Crippen MR) is 81.8 cm³/mol. The van der Waals surface area contributed by atoms with Crippen LogP contribution in [0.15, 0.2) is 36.7 Å². The van der Waals surface area contributed by atoms with Crippen molar-refractivity contribution in [1.29, 1.82) is 0 Å². The summed E-state index contributed by atoms with van der Waals surface area (Å²) in [5.74, 6) is 0.317. The van der Waals surface area contributed by atoms with Crippen molar-refractivity contribution in [3.8, 4) is 0 Å². The molecule has 1 atom stereocenters. The Labute approximate surface area is 121 Å². The van der Waals surface area contributed by atoms with Crippen LogP contribution in [0.1, 0.15) is 41.9 Å². The minimum absolute atomic E-state index is 0.231. The first-order chi connectivity index (χ1) is 9.68. The van der Waals surface area contributed by atoms with E-state index in [0.29, 0.717) is 5.92 Å². The number of benzene rings is 1. The maximum absolute atomic E-state index is 6.46. The van der Waals surface area contributed by atoms with Gasteiger partial charge in [-0.1, -0.05) is 42.6 Å². The molecule has 102 valence electrons. The minimum Gasteiger partial charge on any atom is -0.319 e. The molecule has 0 fully saturated rings. The second-order valence-corrected chi connectivity index (χ2v) is 5.89. The van der Waals surface area contributed by atoms with E-state index < -0.39 is 0 Å². The van der Waals surface area contributed by atoms with E-state index in [9.17, 15) is 0 Å². The molecule has 2 aromatic heterocycles. The fourth-order valence-electron chi connectivity index (χ4n) is 2.35. The third kappa shape index (κ3) is 2.19. The summed E-state index contributed by atoms with van der Waals surface area (Å²) in [7, 11) is 0. The van der Waals surface area contributed by atoms with E-state index in [0.717, 1.165) is 26.9 Å². The molecule has 0 radical (unpaired) electrons. The second-order valence-electron chi connectivity index (χ2n) is 5.10. The average molecular weight is 284 g/mol. The molecule has 3 aromatic rings. The van der Waals surface area contributed by atoms with E-state index in [-0.39, 0.29) is 6.04 Å². The zero-order chi connectivity index (χ0) is 14.1. The van der Waals surface area contributed by atoms with Gasteiger partial charge in [0.15, 0.2) is 0 Å². The van der Waals surface area contributed by atoms with Gasteiger partial charge in [0.25, 0.3) is 0 Å². The molecule has 0 spiro atoms. The third-order valence-electron chi connectivity index (χ3n) is 3.40. The fraction of sp³-hybridized carbons (Fsp3) is 0.267. The standard InChI is InChI=1S/C15H16N4S/c1-9(2)14-15(20-19-18-14)13(16)12-8-17-7-10-5-3-4-6-11(10)12/h3-9,13H,16H2,1-2H3. The van der Waals surface area contributed by atoms with Crippen molar-refractivity contribution in [2.75, 3.05) is 0 Å². The van der Waals surface area contributed by atoms with Crippen molar-refractivity contribution in [3.05, 3.63) is 52.8 Å². The molecule has 3 rings (SSSR count). The van der Waals surface area contributed by atoms with Crippen LogP contribution in [0.2, 0.25) is 0 Å². The Kier molecular flexibility index (Phi) is 3.46. The maximum atomic E-state index is 6.46. The van der Waals surface area contributed by atoms with E-state index in [4.69, 9.17) is 5.73 Å². The van der Waals surface area contributed by atoms with Gasteiger partial charge >= 0.3 is 0 Å². The SMILES string of the molecule is CC(C)c1nnsc1C(N)c1cncc2ccccc12. The normalized spacial score (nSPS) is 13.0. The van der Waals surface area contributed by atoms with Gasteiger partial charge in [-0.3, -0.25) is 4.98 Å². The van der Waals surface area contributed by atoms with Crippen molar-refractivity contribution < 1.29 is 0 Å². The predicted octanol–water partition coefficient (Wildman–Crippen LogP) is 3.26. The van der Waals surface area contributed by atoms with Crippen LogP contribution in [-0.4, -0.2) is 14.6 Å². The monoisotopic (exact) mass is 284 g/mol. The van der Waals surface area contributed by atoms with Crippen molar-refractivity contribution >= 4 is 22.3 Å². The molecule has 0 saturated heterocycles. The number of fused-ring (bicyclic) bond motifs is 1. The first-order valence-electron chi connectivity index (χ1n) is 6.59. The number of aromatic nitrogens is 3. The van der Waals surface area contributed by atoms with E-state index >= 15 is 0 Å². The number of hydrogen-bond donors (Lipinski definition) is 1. The summed E-state index contributed by atoms with van der Waals surface area (Å²) >= 11 is 1.38. The highest BCUT2D eigenvalue weighted by atomic mass is 32.1. The molecule has 0 bridgehead atoms. The smallest absolute Gasteiger partial charge is 0.0832 e. The maximum Gasteiger partial charge on any atom is 0.0832 e. The van der Waals surface area contributed by atoms with Crippen LogP contribution in [0.4, 0.5) is 0 Å². The lowest BCUT2D eigenvalue weighted by Crippen LogP contribution is -2.13. The van der Waals surface area contributed by atoms with Crippen LogP contribution in [0.25, 0.3) is 10.8 Å². The average Bonchev–Trinajstić information content (AvgIpc) is 2.95. The van der Waals surface area contributed by atoms with E-state index in [2.05, 4.69) is 34.5 Å². The van der Waals surface area contributed by atoms with Crippen molar-refractivity contribution in [1.82, 2.24) is 14.6 Å². The van der Waals surface area contributed by atoms with Gasteiger partial charge in [0.2, 0.25) is 0 Å². The van der Waals surface area contributed by atoms with E-state index in [1.165, 1.54) is 11.5 Å². The Morgan fingerprint density at radius 3 is 2.75 bits per heavy atom. The third-order valence-corrected chi connectivity index (χ3v) is 4.23. The molecule has 5 heteroatoms. The van der Waals surface area contributed by atoms with Gasteiger partial charge in [0, 0.05) is 23.3 Å². The highest BCUT2D eigenvalue weighted by Gasteiger charge is 2.21. The Hall–Kier alpha value is -1.85. The fourth-order valence-corrected chi connectivity index (χ4v) is 3.18. The number of nitrogens with two attached hydrogens (primary N) is 1. The summed E-state index contributed by atoms with van der Waals surface area (Å²) in [5, 5.41) is 6.45. The van der Waals surface area contributed by atoms with Gasteiger partial charge < -0.3 is 5.73 Å². The summed E-state index contributed by atoms with van der Waals surface area (Å²) in [6, 6.07) is 7.92. The molecule has 1 unspecified atom stereocenters. The summed E-state index contributed by atoms with van der Waals surface area (Å²) in [6.45, 7) is 4.21. The lowest BCUT2D eigenvalue weighted by atomic mass is 9.98. The topological polar surface area (TPSA) is 64.7 Å². The Bertz CT molecular complexity index is 730. The largest absolute Gasteiger partial charge is 0.319 e. The Balaban J connectivity index is 2.13. The van der Waals surface area contributed by atoms with Crippen molar-refractivity contribution in [3.63, 3.8) is 0 Å². The summed E-state index contributed by atoms with van der Waals surface area (Å²) in [4.78, 5) is 5.33. The minimum atomic E-state index is -0.231. The second kappa shape index (κ2) is 5.26. The Morgan fingerprint density at radius 2 is 1.95 bits per heavy atom. The first kappa shape index (κ1) is 13.1. The highest BCUT2D eigenvalue weighted by molar-refractivity contribution is 7.05. The van der Waals surface area contributed by atoms with E-state index in [1.54, 1.807) is 0 Å². The van der Waals surface area contributed by atoms with Crippen LogP contribution >= 0.6 is 11.5 Å². The lowest BCUT2D eigenvalue weighted by Gasteiger charge is -2.14. The van der Waals surface area contributed by atoms with Gasteiger partial charge in [-0.15, -0.1) is 5.10 Å². The number of pyridine rings is 1. The highest BCUT2D eigenvalue weighted by Crippen LogP contribution is 2.32. The van der Waals surface area contributed by atoms with Gasteiger partial charge in [0.1, 0.15) is 0 Å². The van der Waals surface area contributed by atoms with Crippen LogP contribution in [0.3, 0.4) is 0 Å². The molecule has 0 aliphatic rings. The molecule has 0 aliphatic carbocycles. The quantitative estimate of drug-likeness (QED) is 0.801. The number of rotatable bonds is 3. The molecule has 0 saturated carbocycles. The van der Waals surface area contributed by atoms with Crippen LogP contribution < -0.4 is 5.73 Å². The van der Waals surface area contributed by atoms with Gasteiger partial charge in [-0.2, -0.15) is 0 Å². The summed E-state index contributed by atoms with van der Waals surface area (Å²) in [6.07, 6.45) is 3.71. The van der Waals surface area contributed by atoms with Crippen LogP contribution in [0.5, 0.6) is 0 Å².